The van der Waals surface area contributed by atoms with Crippen LogP contribution in [0.5, 0.6) is 0 Å². The van der Waals surface area contributed by atoms with E-state index in [0.29, 0.717) is 17.5 Å². The molecule has 27 heavy (non-hydrogen) atoms. The Labute approximate surface area is 165 Å². The van der Waals surface area contributed by atoms with Crippen LogP contribution in [0, 0.1) is 0 Å². The minimum absolute atomic E-state index is 0.207. The van der Waals surface area contributed by atoms with Gasteiger partial charge in [-0.25, -0.2) is 8.42 Å². The van der Waals surface area contributed by atoms with E-state index in [9.17, 15) is 13.2 Å². The second-order valence-corrected chi connectivity index (χ2v) is 10.2. The van der Waals surface area contributed by atoms with Crippen molar-refractivity contribution in [1.82, 2.24) is 5.32 Å². The van der Waals surface area contributed by atoms with Crippen molar-refractivity contribution in [2.45, 2.75) is 30.9 Å². The summed E-state index contributed by atoms with van der Waals surface area (Å²) in [6, 6.07) is 13.1. The summed E-state index contributed by atoms with van der Waals surface area (Å²) in [5, 5.41) is 5.33. The summed E-state index contributed by atoms with van der Waals surface area (Å²) in [5.41, 5.74) is 0.533. The summed E-state index contributed by atoms with van der Waals surface area (Å²) >= 11 is 1.90. The van der Waals surface area contributed by atoms with Gasteiger partial charge < -0.3 is 5.32 Å². The quantitative estimate of drug-likeness (QED) is 0.683. The first-order chi connectivity index (χ1) is 12.9. The highest BCUT2D eigenvalue weighted by atomic mass is 32.2. The molecule has 0 spiro atoms. The number of amides is 1. The van der Waals surface area contributed by atoms with Gasteiger partial charge in [0.25, 0.3) is 0 Å². The van der Waals surface area contributed by atoms with Crippen molar-refractivity contribution in [2.75, 3.05) is 29.4 Å². The maximum atomic E-state index is 12.4. The first-order valence-corrected chi connectivity index (χ1v) is 12.2. The van der Waals surface area contributed by atoms with E-state index in [1.54, 1.807) is 6.07 Å². The molecule has 2 aromatic carbocycles. The van der Waals surface area contributed by atoms with E-state index in [0.717, 1.165) is 22.8 Å². The van der Waals surface area contributed by atoms with E-state index in [1.165, 1.54) is 30.0 Å². The summed E-state index contributed by atoms with van der Waals surface area (Å²) in [7, 11) is -3.58. The van der Waals surface area contributed by atoms with Gasteiger partial charge in [-0.3, -0.25) is 9.10 Å². The summed E-state index contributed by atoms with van der Waals surface area (Å²) < 4.78 is 25.9. The normalized spacial score (nSPS) is 15.1. The molecule has 1 aliphatic carbocycles. The molecule has 7 heteroatoms. The number of hydrogen-bond acceptors (Lipinski definition) is 4. The summed E-state index contributed by atoms with van der Waals surface area (Å²) in [6.45, 7) is 0.355. The Balaban J connectivity index is 1.65. The van der Waals surface area contributed by atoms with Crippen LogP contribution in [0.25, 0.3) is 10.8 Å². The second-order valence-electron chi connectivity index (χ2n) is 6.90. The van der Waals surface area contributed by atoms with Crippen molar-refractivity contribution >= 4 is 44.2 Å². The lowest BCUT2D eigenvalue weighted by Gasteiger charge is -2.23. The molecule has 146 valence electrons. The molecule has 1 N–H and O–H groups in total. The van der Waals surface area contributed by atoms with E-state index < -0.39 is 10.0 Å². The summed E-state index contributed by atoms with van der Waals surface area (Å²) in [5.74, 6) is 0.587. The minimum Gasteiger partial charge on any atom is -0.354 e. The van der Waals surface area contributed by atoms with Crippen LogP contribution < -0.4 is 9.62 Å². The highest BCUT2D eigenvalue weighted by Gasteiger charge is 2.22. The fourth-order valence-corrected chi connectivity index (χ4v) is 5.55. The molecule has 0 aliphatic heterocycles. The lowest BCUT2D eigenvalue weighted by atomic mass is 10.1. The summed E-state index contributed by atoms with van der Waals surface area (Å²) in [4.78, 5) is 12.4. The highest BCUT2D eigenvalue weighted by Crippen LogP contribution is 2.29. The molecule has 5 nitrogen and oxygen atoms in total. The van der Waals surface area contributed by atoms with Gasteiger partial charge in [0.15, 0.2) is 0 Å². The van der Waals surface area contributed by atoms with E-state index in [-0.39, 0.29) is 12.5 Å². The van der Waals surface area contributed by atoms with Crippen molar-refractivity contribution in [3.63, 3.8) is 0 Å². The number of benzene rings is 2. The Bertz CT molecular complexity index is 888. The van der Waals surface area contributed by atoms with E-state index in [4.69, 9.17) is 0 Å². The lowest BCUT2D eigenvalue weighted by molar-refractivity contribution is -0.119. The fraction of sp³-hybridized carbons (Fsp3) is 0.450. The molecule has 1 aliphatic rings. The van der Waals surface area contributed by atoms with Crippen molar-refractivity contribution in [1.29, 1.82) is 0 Å². The third kappa shape index (κ3) is 5.39. The predicted molar refractivity (Wildman–Crippen MR) is 114 cm³/mol. The van der Waals surface area contributed by atoms with Crippen molar-refractivity contribution in [3.05, 3.63) is 42.5 Å². The number of nitrogens with one attached hydrogen (secondary N) is 1. The second kappa shape index (κ2) is 8.97. The third-order valence-corrected chi connectivity index (χ3v) is 7.31. The largest absolute Gasteiger partial charge is 0.354 e. The van der Waals surface area contributed by atoms with Crippen LogP contribution in [-0.2, 0) is 14.8 Å². The van der Waals surface area contributed by atoms with E-state index in [2.05, 4.69) is 5.32 Å². The number of nitrogens with zero attached hydrogens (tertiary/aromatic N) is 1. The van der Waals surface area contributed by atoms with Crippen LogP contribution in [0.1, 0.15) is 25.7 Å². The summed E-state index contributed by atoms with van der Waals surface area (Å²) in [6.07, 6.45) is 6.28. The maximum absolute atomic E-state index is 12.4. The van der Waals surface area contributed by atoms with Crippen LogP contribution in [-0.4, -0.2) is 44.7 Å². The maximum Gasteiger partial charge on any atom is 0.240 e. The van der Waals surface area contributed by atoms with Crippen molar-refractivity contribution in [2.24, 2.45) is 0 Å². The van der Waals surface area contributed by atoms with Gasteiger partial charge in [-0.1, -0.05) is 49.2 Å². The molecule has 2 aromatic rings. The van der Waals surface area contributed by atoms with Crippen molar-refractivity contribution in [3.8, 4) is 0 Å². The zero-order valence-electron chi connectivity index (χ0n) is 15.6. The zero-order valence-corrected chi connectivity index (χ0v) is 17.2. The molecule has 0 bridgehead atoms. The number of sulfonamides is 1. The van der Waals surface area contributed by atoms with Gasteiger partial charge in [-0.05, 0) is 24.3 Å². The Morgan fingerprint density at radius 3 is 2.59 bits per heavy atom. The minimum atomic E-state index is -3.58. The van der Waals surface area contributed by atoms with Gasteiger partial charge in [0.1, 0.15) is 6.54 Å². The number of rotatable bonds is 8. The number of hydrogen-bond donors (Lipinski definition) is 1. The van der Waals surface area contributed by atoms with Crippen LogP contribution in [0.3, 0.4) is 0 Å². The lowest BCUT2D eigenvalue weighted by Crippen LogP contribution is -2.41. The number of thioether (sulfide) groups is 1. The molecule has 1 saturated carbocycles. The fourth-order valence-electron chi connectivity index (χ4n) is 3.46. The number of fused-ring (bicyclic) bond motifs is 1. The monoisotopic (exact) mass is 406 g/mol. The Kier molecular flexibility index (Phi) is 6.65. The van der Waals surface area contributed by atoms with Gasteiger partial charge in [-0.15, -0.1) is 0 Å². The van der Waals surface area contributed by atoms with Gasteiger partial charge in [0.2, 0.25) is 15.9 Å². The van der Waals surface area contributed by atoms with Crippen LogP contribution in [0.4, 0.5) is 5.69 Å². The smallest absolute Gasteiger partial charge is 0.240 e. The molecule has 0 aromatic heterocycles. The molecule has 0 heterocycles. The molecule has 0 atom stereocenters. The molecule has 0 saturated heterocycles. The average Bonchev–Trinajstić information content (AvgIpc) is 3.15. The first kappa shape index (κ1) is 20.0. The Morgan fingerprint density at radius 1 is 1.15 bits per heavy atom. The zero-order chi connectivity index (χ0) is 19.3. The molecule has 0 unspecified atom stereocenters. The molecular weight excluding hydrogens is 380 g/mol. The van der Waals surface area contributed by atoms with E-state index >= 15 is 0 Å². The van der Waals surface area contributed by atoms with Gasteiger partial charge in [0, 0.05) is 22.9 Å². The molecule has 0 radical (unpaired) electrons. The first-order valence-electron chi connectivity index (χ1n) is 9.29. The van der Waals surface area contributed by atoms with Gasteiger partial charge in [0.05, 0.1) is 11.9 Å². The van der Waals surface area contributed by atoms with Crippen molar-refractivity contribution < 1.29 is 13.2 Å². The van der Waals surface area contributed by atoms with Crippen LogP contribution >= 0.6 is 11.8 Å². The number of carbonyl (C=O) groups is 1. The number of anilines is 1. The Morgan fingerprint density at radius 2 is 1.85 bits per heavy atom. The Hall–Kier alpha value is -1.73. The average molecular weight is 407 g/mol. The third-order valence-electron chi connectivity index (χ3n) is 4.80. The molecule has 1 amide bonds. The van der Waals surface area contributed by atoms with Crippen LogP contribution in [0.2, 0.25) is 0 Å². The topological polar surface area (TPSA) is 66.5 Å². The SMILES string of the molecule is CS(=O)(=O)N(CC(=O)NCCSC1CCCC1)c1cccc2ccccc12. The van der Waals surface area contributed by atoms with Gasteiger partial charge >= 0.3 is 0 Å². The van der Waals surface area contributed by atoms with E-state index in [1.807, 2.05) is 48.2 Å². The van der Waals surface area contributed by atoms with Gasteiger partial charge in [-0.2, -0.15) is 11.8 Å². The molecular formula is C20H26N2O3S2. The predicted octanol–water partition coefficient (Wildman–Crippen LogP) is 3.40. The standard InChI is InChI=1S/C20H26N2O3S2/c1-27(24,25)22(19-12-6-8-16-7-2-5-11-18(16)19)15-20(23)21-13-14-26-17-9-3-4-10-17/h2,5-8,11-12,17H,3-4,9-10,13-15H2,1H3,(H,21,23). The highest BCUT2D eigenvalue weighted by molar-refractivity contribution is 7.99. The molecule has 1 fully saturated rings. The molecule has 3 rings (SSSR count). The van der Waals surface area contributed by atoms with Crippen LogP contribution in [0.15, 0.2) is 42.5 Å². The number of carbonyl (C=O) groups excluding carboxylic acids is 1.